The zero-order chi connectivity index (χ0) is 14.5. The summed E-state index contributed by atoms with van der Waals surface area (Å²) < 4.78 is 0.788. The Morgan fingerprint density at radius 2 is 2.10 bits per heavy atom. The molecule has 1 amide bonds. The Kier molecular flexibility index (Phi) is 4.78. The fraction of sp³-hybridized carbons (Fsp3) is 0.0667. The molecule has 20 heavy (non-hydrogen) atoms. The Morgan fingerprint density at radius 3 is 2.80 bits per heavy atom. The molecule has 0 atom stereocenters. The van der Waals surface area contributed by atoms with Gasteiger partial charge >= 0.3 is 0 Å². The highest BCUT2D eigenvalue weighted by Gasteiger charge is 2.10. The number of hydrogen-bond donors (Lipinski definition) is 1. The summed E-state index contributed by atoms with van der Waals surface area (Å²) in [6, 6.07) is 14.2. The van der Waals surface area contributed by atoms with Gasteiger partial charge in [0.25, 0.3) is 5.91 Å². The van der Waals surface area contributed by atoms with Crippen LogP contribution in [0.25, 0.3) is 0 Å². The molecular weight excluding hydrogens is 340 g/mol. The van der Waals surface area contributed by atoms with Crippen LogP contribution in [-0.4, -0.2) is 5.91 Å². The number of nitrogens with one attached hydrogen (secondary N) is 1. The van der Waals surface area contributed by atoms with E-state index in [1.165, 1.54) is 0 Å². The number of nitriles is 1. The van der Waals surface area contributed by atoms with Crippen LogP contribution in [0.2, 0.25) is 0 Å². The molecule has 3 nitrogen and oxygen atoms in total. The van der Waals surface area contributed by atoms with Gasteiger partial charge in [0.1, 0.15) is 6.07 Å². The van der Waals surface area contributed by atoms with Gasteiger partial charge in [-0.15, -0.1) is 11.6 Å². The van der Waals surface area contributed by atoms with E-state index in [4.69, 9.17) is 16.9 Å². The summed E-state index contributed by atoms with van der Waals surface area (Å²) >= 11 is 9.04. The van der Waals surface area contributed by atoms with Crippen molar-refractivity contribution in [1.29, 1.82) is 5.26 Å². The molecule has 100 valence electrons. The topological polar surface area (TPSA) is 52.9 Å². The van der Waals surface area contributed by atoms with Crippen molar-refractivity contribution < 1.29 is 4.79 Å². The summed E-state index contributed by atoms with van der Waals surface area (Å²) in [5.74, 6) is 0.0823. The monoisotopic (exact) mass is 348 g/mol. The maximum atomic E-state index is 12.2. The molecule has 2 aromatic carbocycles. The zero-order valence-corrected chi connectivity index (χ0v) is 12.7. The van der Waals surface area contributed by atoms with Crippen molar-refractivity contribution in [2.75, 3.05) is 5.32 Å². The average Bonchev–Trinajstić information content (AvgIpc) is 2.49. The first-order valence-corrected chi connectivity index (χ1v) is 7.12. The van der Waals surface area contributed by atoms with Crippen LogP contribution in [0.1, 0.15) is 21.5 Å². The lowest BCUT2D eigenvalue weighted by atomic mass is 10.1. The average molecular weight is 350 g/mol. The summed E-state index contributed by atoms with van der Waals surface area (Å²) in [5.41, 5.74) is 2.27. The van der Waals surface area contributed by atoms with Crippen molar-refractivity contribution in [2.45, 2.75) is 5.88 Å². The van der Waals surface area contributed by atoms with Gasteiger partial charge in [-0.1, -0.05) is 28.1 Å². The Morgan fingerprint density at radius 1 is 1.30 bits per heavy atom. The van der Waals surface area contributed by atoms with Crippen LogP contribution in [0.15, 0.2) is 46.9 Å². The maximum absolute atomic E-state index is 12.2. The van der Waals surface area contributed by atoms with Crippen LogP contribution in [0.5, 0.6) is 0 Å². The highest BCUT2D eigenvalue weighted by atomic mass is 79.9. The van der Waals surface area contributed by atoms with Crippen LogP contribution in [0.3, 0.4) is 0 Å². The number of carbonyl (C=O) groups is 1. The molecule has 0 bridgehead atoms. The van der Waals surface area contributed by atoms with E-state index in [-0.39, 0.29) is 5.91 Å². The van der Waals surface area contributed by atoms with Crippen molar-refractivity contribution in [1.82, 2.24) is 0 Å². The van der Waals surface area contributed by atoms with Crippen molar-refractivity contribution in [3.8, 4) is 6.07 Å². The molecule has 2 rings (SSSR count). The van der Waals surface area contributed by atoms with E-state index in [0.717, 1.165) is 10.0 Å². The maximum Gasteiger partial charge on any atom is 0.255 e. The van der Waals surface area contributed by atoms with Gasteiger partial charge in [0, 0.05) is 15.9 Å². The molecule has 0 heterocycles. The number of hydrogen-bond acceptors (Lipinski definition) is 2. The quantitative estimate of drug-likeness (QED) is 0.839. The van der Waals surface area contributed by atoms with E-state index in [1.54, 1.807) is 36.4 Å². The van der Waals surface area contributed by atoms with Gasteiger partial charge < -0.3 is 5.32 Å². The van der Waals surface area contributed by atoms with E-state index in [1.807, 2.05) is 12.1 Å². The van der Waals surface area contributed by atoms with Crippen LogP contribution >= 0.6 is 27.5 Å². The highest BCUT2D eigenvalue weighted by Crippen LogP contribution is 2.21. The SMILES string of the molecule is N#Cc1cc(Br)ccc1NC(=O)c1cccc(CCl)c1. The Bertz CT molecular complexity index is 695. The number of halogens is 2. The minimum Gasteiger partial charge on any atom is -0.321 e. The third-order valence-corrected chi connectivity index (χ3v) is 3.50. The van der Waals surface area contributed by atoms with Gasteiger partial charge in [0.15, 0.2) is 0 Å². The van der Waals surface area contributed by atoms with Gasteiger partial charge in [-0.3, -0.25) is 4.79 Å². The van der Waals surface area contributed by atoms with E-state index < -0.39 is 0 Å². The molecule has 0 unspecified atom stereocenters. The largest absolute Gasteiger partial charge is 0.321 e. The second-order valence-electron chi connectivity index (χ2n) is 4.09. The first kappa shape index (κ1) is 14.6. The van der Waals surface area contributed by atoms with Crippen LogP contribution in [0, 0.1) is 11.3 Å². The molecule has 0 saturated carbocycles. The summed E-state index contributed by atoms with van der Waals surface area (Å²) in [6.07, 6.45) is 0. The lowest BCUT2D eigenvalue weighted by Gasteiger charge is -2.08. The van der Waals surface area contributed by atoms with E-state index in [2.05, 4.69) is 21.2 Å². The van der Waals surface area contributed by atoms with Crippen LogP contribution in [-0.2, 0) is 5.88 Å². The second-order valence-corrected chi connectivity index (χ2v) is 5.27. The molecule has 0 saturated heterocycles. The fourth-order valence-electron chi connectivity index (χ4n) is 1.71. The molecule has 0 radical (unpaired) electrons. The third kappa shape index (κ3) is 3.38. The van der Waals surface area contributed by atoms with Crippen LogP contribution < -0.4 is 5.32 Å². The molecule has 5 heteroatoms. The summed E-state index contributed by atoms with van der Waals surface area (Å²) in [7, 11) is 0. The predicted molar refractivity (Wildman–Crippen MR) is 82.8 cm³/mol. The van der Waals surface area contributed by atoms with Crippen molar-refractivity contribution in [2.24, 2.45) is 0 Å². The Balaban J connectivity index is 2.26. The summed E-state index contributed by atoms with van der Waals surface area (Å²) in [4.78, 5) is 12.2. The van der Waals surface area contributed by atoms with E-state index in [0.29, 0.717) is 22.7 Å². The van der Waals surface area contributed by atoms with Gasteiger partial charge in [0.05, 0.1) is 11.3 Å². The predicted octanol–water partition coefficient (Wildman–Crippen LogP) is 4.31. The Hall–Kier alpha value is -1.83. The Labute approximate surface area is 130 Å². The first-order chi connectivity index (χ1) is 9.63. The van der Waals surface area contributed by atoms with Crippen LogP contribution in [0.4, 0.5) is 5.69 Å². The summed E-state index contributed by atoms with van der Waals surface area (Å²) in [5, 5.41) is 11.8. The third-order valence-electron chi connectivity index (χ3n) is 2.69. The highest BCUT2D eigenvalue weighted by molar-refractivity contribution is 9.10. The molecule has 0 spiro atoms. The number of nitrogens with zero attached hydrogens (tertiary/aromatic N) is 1. The number of carbonyl (C=O) groups excluding carboxylic acids is 1. The van der Waals surface area contributed by atoms with E-state index >= 15 is 0 Å². The summed E-state index contributed by atoms with van der Waals surface area (Å²) in [6.45, 7) is 0. The lowest BCUT2D eigenvalue weighted by Crippen LogP contribution is -2.13. The fourth-order valence-corrected chi connectivity index (χ4v) is 2.24. The molecular formula is C15H10BrClN2O. The molecule has 0 fully saturated rings. The number of alkyl halides is 1. The van der Waals surface area contributed by atoms with Crippen molar-refractivity contribution in [3.63, 3.8) is 0 Å². The number of benzene rings is 2. The standard InChI is InChI=1S/C15H10BrClN2O/c16-13-4-5-14(12(7-13)9-18)19-15(20)11-3-1-2-10(6-11)8-17/h1-7H,8H2,(H,19,20). The number of amides is 1. The lowest BCUT2D eigenvalue weighted by molar-refractivity contribution is 0.102. The van der Waals surface area contributed by atoms with Gasteiger partial charge in [0.2, 0.25) is 0 Å². The van der Waals surface area contributed by atoms with E-state index in [9.17, 15) is 4.79 Å². The first-order valence-electron chi connectivity index (χ1n) is 5.80. The smallest absolute Gasteiger partial charge is 0.255 e. The molecule has 2 aromatic rings. The molecule has 0 aliphatic rings. The zero-order valence-electron chi connectivity index (χ0n) is 10.4. The van der Waals surface area contributed by atoms with Gasteiger partial charge in [-0.05, 0) is 35.9 Å². The van der Waals surface area contributed by atoms with Crippen molar-refractivity contribution in [3.05, 3.63) is 63.6 Å². The molecule has 0 aromatic heterocycles. The van der Waals surface area contributed by atoms with Gasteiger partial charge in [-0.2, -0.15) is 5.26 Å². The number of anilines is 1. The molecule has 0 aliphatic heterocycles. The minimum atomic E-state index is -0.268. The van der Waals surface area contributed by atoms with Gasteiger partial charge in [-0.25, -0.2) is 0 Å². The number of rotatable bonds is 3. The molecule has 0 aliphatic carbocycles. The molecule has 1 N–H and O–H groups in total. The second kappa shape index (κ2) is 6.56. The minimum absolute atomic E-state index is 0.268. The normalized spacial score (nSPS) is 9.85. The van der Waals surface area contributed by atoms with Crippen molar-refractivity contribution >= 4 is 39.1 Å².